The maximum atomic E-state index is 6.56. The Bertz CT molecular complexity index is 493. The normalized spacial score (nSPS) is 18.4. The van der Waals surface area contributed by atoms with Crippen molar-refractivity contribution in [3.05, 3.63) is 23.0 Å². The Morgan fingerprint density at radius 3 is 2.37 bits per heavy atom. The van der Waals surface area contributed by atoms with Crippen LogP contribution in [0.1, 0.15) is 39.3 Å². The highest BCUT2D eigenvalue weighted by Crippen LogP contribution is 2.55. The number of pyridine rings is 1. The molecule has 0 amide bonds. The van der Waals surface area contributed by atoms with E-state index in [1.54, 1.807) is 12.3 Å². The van der Waals surface area contributed by atoms with Crippen molar-refractivity contribution in [3.63, 3.8) is 0 Å². The van der Waals surface area contributed by atoms with Crippen LogP contribution >= 0.6 is 11.6 Å². The van der Waals surface area contributed by atoms with Gasteiger partial charge in [0.2, 0.25) is 0 Å². The molecule has 0 bridgehead atoms. The maximum Gasteiger partial charge on any atom is 0.193 e. The Labute approximate surface area is 121 Å². The fourth-order valence-electron chi connectivity index (χ4n) is 1.93. The predicted octanol–water partition coefficient (Wildman–Crippen LogP) is 4.33. The molecular weight excluding hydrogens is 276 g/mol. The number of nitrogen functional groups attached to an aromatic ring is 1. The zero-order valence-electron chi connectivity index (χ0n) is 12.4. The Morgan fingerprint density at radius 1 is 1.37 bits per heavy atom. The average Bonchev–Trinajstić information content (AvgIpc) is 2.95. The number of nitrogens with zero attached hydrogens (tertiary/aromatic N) is 1. The van der Waals surface area contributed by atoms with Crippen LogP contribution < -0.4 is 5.73 Å². The summed E-state index contributed by atoms with van der Waals surface area (Å²) in [6.45, 7) is 11.3. The minimum absolute atomic E-state index is 0.183. The number of hydrogen-bond acceptors (Lipinski definition) is 3. The van der Waals surface area contributed by atoms with Gasteiger partial charge in [-0.05, 0) is 37.0 Å². The Kier molecular flexibility index (Phi) is 3.48. The average molecular weight is 299 g/mol. The van der Waals surface area contributed by atoms with Gasteiger partial charge in [0, 0.05) is 0 Å². The van der Waals surface area contributed by atoms with E-state index in [4.69, 9.17) is 21.8 Å². The summed E-state index contributed by atoms with van der Waals surface area (Å²) in [5.74, 6) is 0. The van der Waals surface area contributed by atoms with E-state index in [1.165, 1.54) is 0 Å². The first kappa shape index (κ1) is 14.8. The van der Waals surface area contributed by atoms with Crippen LogP contribution in [0, 0.1) is 0 Å². The first-order valence-corrected chi connectivity index (χ1v) is 9.98. The quantitative estimate of drug-likeness (QED) is 0.845. The predicted molar refractivity (Wildman–Crippen MR) is 82.9 cm³/mol. The summed E-state index contributed by atoms with van der Waals surface area (Å²) in [6, 6.07) is 1.76. The summed E-state index contributed by atoms with van der Waals surface area (Å²) >= 11 is 6.29. The summed E-state index contributed by atoms with van der Waals surface area (Å²) in [4.78, 5) is 4.42. The Morgan fingerprint density at radius 2 is 1.95 bits per heavy atom. The highest BCUT2D eigenvalue weighted by molar-refractivity contribution is 6.74. The first-order chi connectivity index (χ1) is 8.57. The van der Waals surface area contributed by atoms with Crippen LogP contribution in [0.4, 0.5) is 5.69 Å². The molecule has 1 aromatic rings. The van der Waals surface area contributed by atoms with Crippen molar-refractivity contribution in [2.75, 3.05) is 5.73 Å². The first-order valence-electron chi connectivity index (χ1n) is 6.69. The van der Waals surface area contributed by atoms with E-state index < -0.39 is 8.32 Å². The molecule has 3 nitrogen and oxygen atoms in total. The monoisotopic (exact) mass is 298 g/mol. The molecular formula is C14H23ClN2OSi. The van der Waals surface area contributed by atoms with E-state index >= 15 is 0 Å². The molecule has 2 rings (SSSR count). The lowest BCUT2D eigenvalue weighted by Gasteiger charge is -2.39. The van der Waals surface area contributed by atoms with Gasteiger partial charge in [-0.3, -0.25) is 4.98 Å². The summed E-state index contributed by atoms with van der Waals surface area (Å²) in [6.07, 6.45) is 3.66. The van der Waals surface area contributed by atoms with Crippen LogP contribution in [0.2, 0.25) is 23.2 Å². The molecule has 1 heterocycles. The zero-order valence-corrected chi connectivity index (χ0v) is 14.1. The molecule has 0 saturated heterocycles. The molecule has 0 atom stereocenters. The van der Waals surface area contributed by atoms with Gasteiger partial charge < -0.3 is 10.2 Å². The van der Waals surface area contributed by atoms with Crippen molar-refractivity contribution in [1.82, 2.24) is 4.98 Å². The van der Waals surface area contributed by atoms with Crippen molar-refractivity contribution in [2.24, 2.45) is 0 Å². The molecule has 1 aliphatic carbocycles. The van der Waals surface area contributed by atoms with Gasteiger partial charge in [-0.2, -0.15) is 0 Å². The molecule has 5 heteroatoms. The largest absolute Gasteiger partial charge is 0.406 e. The highest BCUT2D eigenvalue weighted by atomic mass is 35.5. The second-order valence-corrected chi connectivity index (χ2v) is 12.1. The van der Waals surface area contributed by atoms with Crippen molar-refractivity contribution >= 4 is 25.6 Å². The van der Waals surface area contributed by atoms with Gasteiger partial charge >= 0.3 is 0 Å². The SMILES string of the molecule is CC(C)(C)[Si](C)(C)OC1(c2ncc(N)cc2Cl)CC1. The lowest BCUT2D eigenvalue weighted by atomic mass is 10.2. The van der Waals surface area contributed by atoms with Crippen molar-refractivity contribution < 1.29 is 4.43 Å². The third-order valence-electron chi connectivity index (χ3n) is 4.25. The van der Waals surface area contributed by atoms with E-state index in [1.807, 2.05) is 0 Å². The minimum Gasteiger partial charge on any atom is -0.406 e. The van der Waals surface area contributed by atoms with E-state index in [0.717, 1.165) is 18.5 Å². The molecule has 0 aromatic carbocycles. The number of hydrogen-bond donors (Lipinski definition) is 1. The Hall–Kier alpha value is -0.583. The summed E-state index contributed by atoms with van der Waals surface area (Å²) < 4.78 is 6.56. The molecule has 19 heavy (non-hydrogen) atoms. The second-order valence-electron chi connectivity index (χ2n) is 6.96. The topological polar surface area (TPSA) is 48.1 Å². The summed E-state index contributed by atoms with van der Waals surface area (Å²) in [5, 5.41) is 0.805. The van der Waals surface area contributed by atoms with Gasteiger partial charge in [-0.15, -0.1) is 0 Å². The van der Waals surface area contributed by atoms with Crippen molar-refractivity contribution in [1.29, 1.82) is 0 Å². The lowest BCUT2D eigenvalue weighted by Crippen LogP contribution is -2.44. The third-order valence-corrected chi connectivity index (χ3v) is 9.06. The van der Waals surface area contributed by atoms with Crippen LogP contribution in [0.5, 0.6) is 0 Å². The Balaban J connectivity index is 2.30. The van der Waals surface area contributed by atoms with Crippen molar-refractivity contribution in [2.45, 2.75) is 57.3 Å². The van der Waals surface area contributed by atoms with Gasteiger partial charge in [0.05, 0.1) is 22.6 Å². The number of anilines is 1. The van der Waals surface area contributed by atoms with Gasteiger partial charge in [-0.25, -0.2) is 0 Å². The summed E-state index contributed by atoms with van der Waals surface area (Å²) in [7, 11) is -1.83. The van der Waals surface area contributed by atoms with Gasteiger partial charge in [0.1, 0.15) is 5.60 Å². The van der Waals surface area contributed by atoms with Gasteiger partial charge in [0.15, 0.2) is 8.32 Å². The fourth-order valence-corrected chi connectivity index (χ4v) is 3.86. The third kappa shape index (κ3) is 2.80. The smallest absolute Gasteiger partial charge is 0.193 e. The van der Waals surface area contributed by atoms with Crippen LogP contribution in [0.3, 0.4) is 0 Å². The molecule has 2 N–H and O–H groups in total. The molecule has 0 aliphatic heterocycles. The fraction of sp³-hybridized carbons (Fsp3) is 0.643. The van der Waals surface area contributed by atoms with Gasteiger partial charge in [0.25, 0.3) is 0 Å². The van der Waals surface area contributed by atoms with Crippen LogP contribution in [0.15, 0.2) is 12.3 Å². The van der Waals surface area contributed by atoms with E-state index in [9.17, 15) is 0 Å². The van der Waals surface area contributed by atoms with E-state index in [-0.39, 0.29) is 10.6 Å². The second kappa shape index (κ2) is 4.47. The summed E-state index contributed by atoms with van der Waals surface area (Å²) in [5.41, 5.74) is 6.89. The number of aromatic nitrogens is 1. The minimum atomic E-state index is -1.83. The number of halogens is 1. The zero-order chi connectivity index (χ0) is 14.5. The highest BCUT2D eigenvalue weighted by Gasteiger charge is 2.54. The van der Waals surface area contributed by atoms with E-state index in [2.05, 4.69) is 38.8 Å². The molecule has 1 aliphatic rings. The maximum absolute atomic E-state index is 6.56. The van der Waals surface area contributed by atoms with Crippen molar-refractivity contribution in [3.8, 4) is 0 Å². The number of nitrogens with two attached hydrogens (primary N) is 1. The molecule has 0 radical (unpaired) electrons. The molecule has 1 fully saturated rings. The molecule has 106 valence electrons. The lowest BCUT2D eigenvalue weighted by molar-refractivity contribution is 0.154. The molecule has 0 spiro atoms. The standard InChI is InChI=1S/C14H23ClN2OSi/c1-13(2,3)19(4,5)18-14(6-7-14)12-11(15)8-10(16)9-17-12/h8-9H,6-7,16H2,1-5H3. The van der Waals surface area contributed by atoms with Crippen LogP contribution in [-0.4, -0.2) is 13.3 Å². The number of rotatable bonds is 3. The van der Waals surface area contributed by atoms with Crippen LogP contribution in [-0.2, 0) is 10.0 Å². The van der Waals surface area contributed by atoms with Gasteiger partial charge in [-0.1, -0.05) is 32.4 Å². The molecule has 1 saturated carbocycles. The molecule has 0 unspecified atom stereocenters. The molecule has 1 aromatic heterocycles. The van der Waals surface area contributed by atoms with Crippen LogP contribution in [0.25, 0.3) is 0 Å². The van der Waals surface area contributed by atoms with E-state index in [0.29, 0.717) is 10.7 Å².